The van der Waals surface area contributed by atoms with Crippen LogP contribution in [0.5, 0.6) is 23.0 Å². The largest absolute Gasteiger partial charge is 0.490 e. The molecule has 5 rings (SSSR count). The van der Waals surface area contributed by atoms with E-state index in [9.17, 15) is 9.59 Å². The van der Waals surface area contributed by atoms with Gasteiger partial charge < -0.3 is 23.8 Å². The second kappa shape index (κ2) is 16.8. The lowest BCUT2D eigenvalue weighted by Gasteiger charge is -2.40. The first kappa shape index (κ1) is 35.8. The number of benzene rings is 3. The van der Waals surface area contributed by atoms with Crippen LogP contribution in [0.15, 0.2) is 48.5 Å². The number of hydrogen-bond acceptors (Lipinski definition) is 7. The smallest absolute Gasteiger partial charge is 0.237 e. The van der Waals surface area contributed by atoms with Gasteiger partial charge in [-0.3, -0.25) is 14.5 Å². The summed E-state index contributed by atoms with van der Waals surface area (Å²) in [7, 11) is 0. The summed E-state index contributed by atoms with van der Waals surface area (Å²) >= 11 is 12.2. The van der Waals surface area contributed by atoms with E-state index in [0.717, 1.165) is 28.9 Å². The third kappa shape index (κ3) is 8.39. The Balaban J connectivity index is 1.36. The molecule has 0 aliphatic carbocycles. The maximum atomic E-state index is 14.2. The van der Waals surface area contributed by atoms with Crippen molar-refractivity contribution < 1.29 is 28.5 Å². The number of hydrogen-bond donors (Lipinski definition) is 0. The molecule has 258 valence electrons. The molecule has 0 radical (unpaired) electrons. The molecular formula is C38H46Cl2N2O6. The average molecular weight is 698 g/mol. The van der Waals surface area contributed by atoms with Crippen LogP contribution >= 0.6 is 23.2 Å². The number of amides is 1. The molecule has 10 heteroatoms. The van der Waals surface area contributed by atoms with Crippen LogP contribution in [-0.2, 0) is 17.6 Å². The highest BCUT2D eigenvalue weighted by Crippen LogP contribution is 2.41. The molecule has 0 aromatic heterocycles. The van der Waals surface area contributed by atoms with E-state index in [1.165, 1.54) is 0 Å². The summed E-state index contributed by atoms with van der Waals surface area (Å²) in [6, 6.07) is 15.0. The first-order chi connectivity index (χ1) is 23.3. The quantitative estimate of drug-likeness (QED) is 0.159. The minimum absolute atomic E-state index is 0.0720. The van der Waals surface area contributed by atoms with Crippen molar-refractivity contribution in [2.75, 3.05) is 52.6 Å². The Bertz CT molecular complexity index is 1590. The zero-order chi connectivity index (χ0) is 34.2. The van der Waals surface area contributed by atoms with E-state index < -0.39 is 0 Å². The van der Waals surface area contributed by atoms with Crippen molar-refractivity contribution >= 4 is 34.9 Å². The van der Waals surface area contributed by atoms with E-state index in [1.54, 1.807) is 18.2 Å². The topological polar surface area (TPSA) is 77.5 Å². The van der Waals surface area contributed by atoms with Crippen LogP contribution in [-0.4, -0.2) is 74.1 Å². The van der Waals surface area contributed by atoms with Gasteiger partial charge in [-0.15, -0.1) is 0 Å². The molecule has 0 N–H and O–H groups in total. The molecule has 2 heterocycles. The summed E-state index contributed by atoms with van der Waals surface area (Å²) in [5, 5.41) is 0.811. The highest BCUT2D eigenvalue weighted by Gasteiger charge is 2.34. The lowest BCUT2D eigenvalue weighted by atomic mass is 9.87. The number of ketones is 1. The van der Waals surface area contributed by atoms with Crippen LogP contribution in [0.1, 0.15) is 73.6 Å². The van der Waals surface area contributed by atoms with Crippen molar-refractivity contribution in [2.24, 2.45) is 5.92 Å². The second-order valence-corrected chi connectivity index (χ2v) is 12.9. The lowest BCUT2D eigenvalue weighted by molar-refractivity contribution is -0.135. The Morgan fingerprint density at radius 3 is 2.00 bits per heavy atom. The van der Waals surface area contributed by atoms with E-state index in [1.807, 2.05) is 44.7 Å². The first-order valence-corrected chi connectivity index (χ1v) is 17.8. The van der Waals surface area contributed by atoms with Crippen LogP contribution in [0, 0.1) is 5.92 Å². The second-order valence-electron chi connectivity index (χ2n) is 12.1. The lowest BCUT2D eigenvalue weighted by Crippen LogP contribution is -2.47. The van der Waals surface area contributed by atoms with Gasteiger partial charge in [0.05, 0.1) is 49.1 Å². The zero-order valence-corrected chi connectivity index (χ0v) is 29.9. The molecule has 0 spiro atoms. The molecule has 2 aliphatic heterocycles. The first-order valence-electron chi connectivity index (χ1n) is 17.1. The van der Waals surface area contributed by atoms with Crippen LogP contribution in [0.2, 0.25) is 10.0 Å². The molecule has 2 aliphatic rings. The molecule has 1 atom stereocenters. The maximum absolute atomic E-state index is 14.2. The van der Waals surface area contributed by atoms with Gasteiger partial charge in [-0.05, 0) is 126 Å². The average Bonchev–Trinajstić information content (AvgIpc) is 3.08. The van der Waals surface area contributed by atoms with Crippen LogP contribution in [0.3, 0.4) is 0 Å². The molecule has 1 saturated heterocycles. The number of halogens is 2. The summed E-state index contributed by atoms with van der Waals surface area (Å²) < 4.78 is 23.7. The number of ether oxygens (including phenoxy) is 4. The molecular weight excluding hydrogens is 651 g/mol. The van der Waals surface area contributed by atoms with Crippen molar-refractivity contribution in [1.82, 2.24) is 9.80 Å². The highest BCUT2D eigenvalue weighted by atomic mass is 35.5. The number of piperidine rings is 1. The molecule has 0 saturated carbocycles. The number of nitrogens with zero attached hydrogens (tertiary/aromatic N) is 2. The number of rotatable bonds is 14. The van der Waals surface area contributed by atoms with E-state index in [0.29, 0.717) is 105 Å². The Morgan fingerprint density at radius 2 is 1.35 bits per heavy atom. The Labute approximate surface area is 294 Å². The van der Waals surface area contributed by atoms with Crippen LogP contribution < -0.4 is 18.9 Å². The van der Waals surface area contributed by atoms with Gasteiger partial charge in [0.15, 0.2) is 28.8 Å². The fraction of sp³-hybridized carbons (Fsp3) is 0.474. The van der Waals surface area contributed by atoms with Gasteiger partial charge >= 0.3 is 0 Å². The number of carbonyl (C=O) groups is 2. The monoisotopic (exact) mass is 696 g/mol. The Morgan fingerprint density at radius 1 is 0.729 bits per heavy atom. The van der Waals surface area contributed by atoms with Crippen molar-refractivity contribution in [3.05, 3.63) is 80.8 Å². The van der Waals surface area contributed by atoms with Crippen molar-refractivity contribution in [2.45, 2.75) is 59.4 Å². The summed E-state index contributed by atoms with van der Waals surface area (Å²) in [6.45, 7) is 12.2. The van der Waals surface area contributed by atoms with Gasteiger partial charge in [0.1, 0.15) is 0 Å². The minimum Gasteiger partial charge on any atom is -0.490 e. The summed E-state index contributed by atoms with van der Waals surface area (Å²) in [5.41, 5.74) is 3.85. The Kier molecular flexibility index (Phi) is 12.5. The molecule has 1 unspecified atom stereocenters. The van der Waals surface area contributed by atoms with Gasteiger partial charge in [0, 0.05) is 18.0 Å². The van der Waals surface area contributed by atoms with Crippen LogP contribution in [0.25, 0.3) is 0 Å². The number of likely N-dealkylation sites (tertiary alicyclic amines) is 1. The Hall–Kier alpha value is -3.46. The van der Waals surface area contributed by atoms with Gasteiger partial charge in [-0.2, -0.15) is 0 Å². The third-order valence-corrected chi connectivity index (χ3v) is 9.78. The molecule has 48 heavy (non-hydrogen) atoms. The minimum atomic E-state index is -0.211. The van der Waals surface area contributed by atoms with Gasteiger partial charge in [-0.25, -0.2) is 0 Å². The third-order valence-electron chi connectivity index (χ3n) is 9.04. The SMILES string of the molecule is CCOc1ccc(CC2c3cc(OCC)c(OCC)cc3CCN2C(=O)CN2CCC(C(=O)c3ccc(Cl)c(Cl)c3)CC2)cc1OCC. The molecule has 0 bridgehead atoms. The molecule has 1 amide bonds. The predicted molar refractivity (Wildman–Crippen MR) is 189 cm³/mol. The predicted octanol–water partition coefficient (Wildman–Crippen LogP) is 7.85. The zero-order valence-electron chi connectivity index (χ0n) is 28.4. The van der Waals surface area contributed by atoms with Crippen molar-refractivity contribution in [3.8, 4) is 23.0 Å². The summed E-state index contributed by atoms with van der Waals surface area (Å²) in [4.78, 5) is 31.5. The normalized spacial score (nSPS) is 16.7. The van der Waals surface area contributed by atoms with Gasteiger partial charge in [0.2, 0.25) is 5.91 Å². The molecule has 1 fully saturated rings. The molecule has 3 aromatic carbocycles. The standard InChI is InChI=1S/C38H46Cl2N2O6/c1-5-45-33-12-9-25(20-34(33)46-6-2)19-32-29-23-36(48-8-4)35(47-7-3)22-27(29)15-18-42(32)37(43)24-41-16-13-26(14-17-41)38(44)28-10-11-30(39)31(40)21-28/h9-12,20-23,26,32H,5-8,13-19,24H2,1-4H3. The number of fused-ring (bicyclic) bond motifs is 1. The van der Waals surface area contributed by atoms with E-state index in [-0.39, 0.29) is 23.7 Å². The molecule has 3 aromatic rings. The number of Topliss-reactive ketones (excluding diaryl/α,β-unsaturated/α-hetero) is 1. The van der Waals surface area contributed by atoms with E-state index >= 15 is 0 Å². The number of carbonyl (C=O) groups excluding carboxylic acids is 2. The van der Waals surface area contributed by atoms with Crippen molar-refractivity contribution in [3.63, 3.8) is 0 Å². The highest BCUT2D eigenvalue weighted by molar-refractivity contribution is 6.42. The van der Waals surface area contributed by atoms with Crippen LogP contribution in [0.4, 0.5) is 0 Å². The molecule has 8 nitrogen and oxygen atoms in total. The summed E-state index contributed by atoms with van der Waals surface area (Å²) in [6.07, 6.45) is 2.69. The van der Waals surface area contributed by atoms with E-state index in [4.69, 9.17) is 42.1 Å². The van der Waals surface area contributed by atoms with E-state index in [2.05, 4.69) is 23.1 Å². The van der Waals surface area contributed by atoms with Gasteiger partial charge in [0.25, 0.3) is 0 Å². The fourth-order valence-corrected chi connectivity index (χ4v) is 7.03. The maximum Gasteiger partial charge on any atom is 0.237 e. The summed E-state index contributed by atoms with van der Waals surface area (Å²) in [5.74, 6) is 2.86. The fourth-order valence-electron chi connectivity index (χ4n) is 6.73. The van der Waals surface area contributed by atoms with Crippen molar-refractivity contribution in [1.29, 1.82) is 0 Å². The van der Waals surface area contributed by atoms with Gasteiger partial charge in [-0.1, -0.05) is 29.3 Å².